The van der Waals surface area contributed by atoms with Crippen molar-refractivity contribution in [2.75, 3.05) is 5.75 Å². The molecule has 1 amide bonds. The number of amides is 1. The molecule has 104 valence electrons. The van der Waals surface area contributed by atoms with Crippen LogP contribution in [0.5, 0.6) is 0 Å². The molecule has 0 aromatic carbocycles. The molecule has 7 heteroatoms. The first-order valence-electron chi connectivity index (χ1n) is 6.21. The zero-order chi connectivity index (χ0) is 14.1. The van der Waals surface area contributed by atoms with E-state index in [2.05, 4.69) is 4.84 Å². The van der Waals surface area contributed by atoms with Gasteiger partial charge in [0.2, 0.25) is 5.91 Å². The van der Waals surface area contributed by atoms with Crippen molar-refractivity contribution in [3.05, 3.63) is 41.9 Å². The zero-order valence-electron chi connectivity index (χ0n) is 10.7. The Bertz CT molecular complexity index is 588. The number of nitrogens with zero attached hydrogens (tertiary/aromatic N) is 2. The van der Waals surface area contributed by atoms with E-state index in [1.54, 1.807) is 11.8 Å². The highest BCUT2D eigenvalue weighted by atomic mass is 32.2. The first-order chi connectivity index (χ1) is 9.70. The lowest BCUT2D eigenvalue weighted by atomic mass is 10.1. The summed E-state index contributed by atoms with van der Waals surface area (Å²) in [6, 6.07) is 5.74. The smallest absolute Gasteiger partial charge is 0.369 e. The highest BCUT2D eigenvalue weighted by molar-refractivity contribution is 8.00. The van der Waals surface area contributed by atoms with Crippen LogP contribution in [0.4, 0.5) is 0 Å². The van der Waals surface area contributed by atoms with Gasteiger partial charge in [0, 0.05) is 23.5 Å². The normalized spacial score (nSPS) is 21.4. The number of fused-ring (bicyclic) bond motifs is 1. The lowest BCUT2D eigenvalue weighted by Gasteiger charge is -2.43. The minimum Gasteiger partial charge on any atom is -0.369 e. The Morgan fingerprint density at radius 1 is 1.45 bits per heavy atom. The molecule has 3 rings (SSSR count). The third kappa shape index (κ3) is 2.19. The molecular weight excluding hydrogens is 278 g/mol. The van der Waals surface area contributed by atoms with Gasteiger partial charge in [-0.2, -0.15) is 5.90 Å². The van der Waals surface area contributed by atoms with Gasteiger partial charge in [-0.25, -0.2) is 9.36 Å². The number of nitrogens with two attached hydrogens (primary N) is 1. The van der Waals surface area contributed by atoms with Crippen LogP contribution >= 0.6 is 11.8 Å². The molecule has 2 aliphatic rings. The lowest BCUT2D eigenvalue weighted by Crippen LogP contribution is -2.55. The molecule has 6 nitrogen and oxygen atoms in total. The van der Waals surface area contributed by atoms with Gasteiger partial charge in [0.05, 0.1) is 11.8 Å². The van der Waals surface area contributed by atoms with Crippen molar-refractivity contribution in [2.45, 2.75) is 18.3 Å². The largest absolute Gasteiger partial charge is 0.373 e. The van der Waals surface area contributed by atoms with E-state index in [1.807, 2.05) is 35.2 Å². The number of thioether (sulfide) groups is 1. The highest BCUT2D eigenvalue weighted by Gasteiger charge is 2.46. The summed E-state index contributed by atoms with van der Waals surface area (Å²) in [5.74, 6) is 4.99. The Kier molecular flexibility index (Phi) is 3.45. The van der Waals surface area contributed by atoms with Crippen LogP contribution in [0.15, 0.2) is 41.9 Å². The Morgan fingerprint density at radius 2 is 2.20 bits per heavy atom. The summed E-state index contributed by atoms with van der Waals surface area (Å²) in [7, 11) is 0. The molecule has 1 aromatic heterocycles. The van der Waals surface area contributed by atoms with Crippen LogP contribution in [0.1, 0.15) is 6.42 Å². The van der Waals surface area contributed by atoms with Gasteiger partial charge in [0.15, 0.2) is 18.9 Å². The van der Waals surface area contributed by atoms with Gasteiger partial charge in [0.1, 0.15) is 5.70 Å². The van der Waals surface area contributed by atoms with Gasteiger partial charge in [0.25, 0.3) is 0 Å². The molecular formula is C13H14N3O3S+. The van der Waals surface area contributed by atoms with E-state index in [-0.39, 0.29) is 11.3 Å². The monoisotopic (exact) mass is 292 g/mol. The van der Waals surface area contributed by atoms with Crippen LogP contribution in [-0.4, -0.2) is 27.9 Å². The van der Waals surface area contributed by atoms with Crippen molar-refractivity contribution in [3.8, 4) is 0 Å². The molecule has 3 heterocycles. The summed E-state index contributed by atoms with van der Waals surface area (Å²) < 4.78 is 1.95. The van der Waals surface area contributed by atoms with E-state index in [0.29, 0.717) is 24.4 Å². The highest BCUT2D eigenvalue weighted by Crippen LogP contribution is 2.40. The fourth-order valence-electron chi connectivity index (χ4n) is 2.40. The molecule has 1 atom stereocenters. The SMILES string of the molecule is NOC(=O)C1=C(C[n+]2ccccc2)CS[C@H]2CC(=O)N12. The minimum atomic E-state index is -0.644. The maximum atomic E-state index is 11.9. The first-order valence-corrected chi connectivity index (χ1v) is 7.26. The summed E-state index contributed by atoms with van der Waals surface area (Å²) >= 11 is 1.66. The van der Waals surface area contributed by atoms with Crippen LogP contribution in [0.25, 0.3) is 0 Å². The number of hydrogen-bond donors (Lipinski definition) is 1. The molecule has 0 bridgehead atoms. The topological polar surface area (TPSA) is 76.5 Å². The van der Waals surface area contributed by atoms with Crippen LogP contribution in [0.3, 0.4) is 0 Å². The van der Waals surface area contributed by atoms with Crippen molar-refractivity contribution in [1.29, 1.82) is 0 Å². The second-order valence-corrected chi connectivity index (χ2v) is 5.80. The number of rotatable bonds is 3. The van der Waals surface area contributed by atoms with Crippen LogP contribution in [0.2, 0.25) is 0 Å². The minimum absolute atomic E-state index is 0.0427. The van der Waals surface area contributed by atoms with E-state index < -0.39 is 5.97 Å². The fourth-order valence-corrected chi connectivity index (χ4v) is 3.66. The van der Waals surface area contributed by atoms with Gasteiger partial charge in [-0.05, 0) is 0 Å². The summed E-state index contributed by atoms with van der Waals surface area (Å²) in [6.45, 7) is 0.536. The summed E-state index contributed by atoms with van der Waals surface area (Å²) in [6.07, 6.45) is 4.29. The van der Waals surface area contributed by atoms with E-state index in [0.717, 1.165) is 5.57 Å². The van der Waals surface area contributed by atoms with Crippen molar-refractivity contribution in [2.24, 2.45) is 5.90 Å². The predicted octanol–water partition coefficient (Wildman–Crippen LogP) is -0.0497. The Hall–Kier alpha value is -1.86. The molecule has 0 saturated carbocycles. The van der Waals surface area contributed by atoms with Gasteiger partial charge in [-0.15, -0.1) is 11.8 Å². The van der Waals surface area contributed by atoms with Crippen LogP contribution in [-0.2, 0) is 21.0 Å². The quantitative estimate of drug-likeness (QED) is 0.480. The third-order valence-corrected chi connectivity index (χ3v) is 4.66. The average Bonchev–Trinajstić information content (AvgIpc) is 2.47. The van der Waals surface area contributed by atoms with Gasteiger partial charge in [-0.3, -0.25) is 9.69 Å². The molecule has 2 aliphatic heterocycles. The molecule has 0 radical (unpaired) electrons. The predicted molar refractivity (Wildman–Crippen MR) is 71.7 cm³/mol. The molecule has 1 fully saturated rings. The molecule has 0 spiro atoms. The maximum absolute atomic E-state index is 11.9. The Morgan fingerprint density at radius 3 is 2.85 bits per heavy atom. The number of aromatic nitrogens is 1. The van der Waals surface area contributed by atoms with Crippen molar-refractivity contribution in [3.63, 3.8) is 0 Å². The standard InChI is InChI=1S/C13H14N3O3S/c14-19-13(18)12-9(7-15-4-2-1-3-5-15)8-20-11-6-10(17)16(11)12/h1-5,11H,6-8,14H2/q+1/t11-/m0/s1. The molecule has 1 saturated heterocycles. The average molecular weight is 292 g/mol. The van der Waals surface area contributed by atoms with E-state index >= 15 is 0 Å². The number of carbonyl (C=O) groups is 2. The van der Waals surface area contributed by atoms with Crippen LogP contribution < -0.4 is 10.5 Å². The van der Waals surface area contributed by atoms with Gasteiger partial charge in [-0.1, -0.05) is 6.07 Å². The molecule has 20 heavy (non-hydrogen) atoms. The number of β-lactam (4-membered cyclic amide) rings is 1. The lowest BCUT2D eigenvalue weighted by molar-refractivity contribution is -0.689. The van der Waals surface area contributed by atoms with Crippen molar-refractivity contribution in [1.82, 2.24) is 4.90 Å². The fraction of sp³-hybridized carbons (Fsp3) is 0.308. The summed E-state index contributed by atoms with van der Waals surface area (Å²) in [5.41, 5.74) is 1.16. The third-order valence-electron chi connectivity index (χ3n) is 3.38. The number of pyridine rings is 1. The van der Waals surface area contributed by atoms with E-state index in [4.69, 9.17) is 5.90 Å². The summed E-state index contributed by atoms with van der Waals surface area (Å²) in [5, 5.41) is 0.0427. The molecule has 1 aromatic rings. The summed E-state index contributed by atoms with van der Waals surface area (Å²) in [4.78, 5) is 29.5. The molecule has 0 unspecified atom stereocenters. The van der Waals surface area contributed by atoms with Crippen LogP contribution in [0, 0.1) is 0 Å². The molecule has 2 N–H and O–H groups in total. The van der Waals surface area contributed by atoms with Crippen molar-refractivity contribution >= 4 is 23.6 Å². The second-order valence-electron chi connectivity index (χ2n) is 4.64. The zero-order valence-corrected chi connectivity index (χ0v) is 11.5. The first kappa shape index (κ1) is 13.1. The molecule has 0 aliphatic carbocycles. The van der Waals surface area contributed by atoms with E-state index in [1.165, 1.54) is 4.90 Å². The number of hydrogen-bond acceptors (Lipinski definition) is 5. The van der Waals surface area contributed by atoms with Gasteiger partial charge < -0.3 is 4.84 Å². The maximum Gasteiger partial charge on any atom is 0.373 e. The van der Waals surface area contributed by atoms with Crippen molar-refractivity contribution < 1.29 is 19.0 Å². The second kappa shape index (κ2) is 5.26. The van der Waals surface area contributed by atoms with Gasteiger partial charge >= 0.3 is 5.97 Å². The van der Waals surface area contributed by atoms with E-state index in [9.17, 15) is 9.59 Å². The Labute approximate surface area is 120 Å². The number of carbonyl (C=O) groups excluding carboxylic acids is 2. The Balaban J connectivity index is 1.95.